The van der Waals surface area contributed by atoms with Gasteiger partial charge < -0.3 is 0 Å². The number of isocyanates is 2. The van der Waals surface area contributed by atoms with Crippen molar-refractivity contribution in [2.75, 3.05) is 6.54 Å². The van der Waals surface area contributed by atoms with Crippen molar-refractivity contribution >= 4 is 24.6 Å². The number of carbonyl (C=O) groups excluding carboxylic acids is 4. The first-order valence-electron chi connectivity index (χ1n) is 5.42. The zero-order valence-electron chi connectivity index (χ0n) is 10.0. The van der Waals surface area contributed by atoms with Crippen molar-refractivity contribution in [2.45, 2.75) is 32.6 Å². The molecule has 0 unspecified atom stereocenters. The Morgan fingerprint density at radius 1 is 1.17 bits per heavy atom. The largest absolute Gasteiger partial charge is 0.369 e. The van der Waals surface area contributed by atoms with Crippen LogP contribution in [0.1, 0.15) is 32.6 Å². The highest BCUT2D eigenvalue weighted by molar-refractivity contribution is 5.84. The zero-order valence-corrected chi connectivity index (χ0v) is 10.0. The summed E-state index contributed by atoms with van der Waals surface area (Å²) in [7, 11) is 0. The predicted molar refractivity (Wildman–Crippen MR) is 60.4 cm³/mol. The second-order valence-corrected chi connectivity index (χ2v) is 3.31. The summed E-state index contributed by atoms with van der Waals surface area (Å²) >= 11 is 0. The summed E-state index contributed by atoms with van der Waals surface area (Å²) in [6, 6.07) is -0.992. The second kappa shape index (κ2) is 9.89. The van der Waals surface area contributed by atoms with E-state index in [0.29, 0.717) is 12.8 Å². The molecule has 0 aromatic heterocycles. The molecule has 0 aromatic carbocycles. The highest BCUT2D eigenvalue weighted by Crippen LogP contribution is 2.03. The highest BCUT2D eigenvalue weighted by atomic mass is 16.2. The van der Waals surface area contributed by atoms with Gasteiger partial charge in [0.2, 0.25) is 6.41 Å². The quantitative estimate of drug-likeness (QED) is 0.211. The van der Waals surface area contributed by atoms with Gasteiger partial charge in [0.05, 0.1) is 0 Å². The van der Waals surface area contributed by atoms with Gasteiger partial charge >= 0.3 is 6.03 Å². The smallest absolute Gasteiger partial charge is 0.278 e. The Morgan fingerprint density at radius 2 is 1.78 bits per heavy atom. The van der Waals surface area contributed by atoms with Crippen molar-refractivity contribution in [1.29, 1.82) is 0 Å². The molecule has 8 nitrogen and oxygen atoms in total. The van der Waals surface area contributed by atoms with Crippen molar-refractivity contribution in [3.05, 3.63) is 0 Å². The molecule has 0 heterocycles. The van der Waals surface area contributed by atoms with Crippen LogP contribution in [0, 0.1) is 0 Å². The fraction of sp³-hybridized carbons (Fsp3) is 0.600. The van der Waals surface area contributed by atoms with Crippen LogP contribution in [-0.4, -0.2) is 41.2 Å². The average Bonchev–Trinajstić information content (AvgIpc) is 2.38. The van der Waals surface area contributed by atoms with E-state index in [9.17, 15) is 19.2 Å². The van der Waals surface area contributed by atoms with Crippen molar-refractivity contribution in [3.8, 4) is 0 Å². The predicted octanol–water partition coefficient (Wildman–Crippen LogP) is 0.949. The number of hydrogen-bond donors (Lipinski definition) is 0. The molecule has 0 aliphatic carbocycles. The molecule has 0 saturated heterocycles. The molecule has 0 saturated carbocycles. The number of carbonyl (C=O) groups is 2. The molecule has 0 rings (SSSR count). The van der Waals surface area contributed by atoms with Gasteiger partial charge in [0.15, 0.2) is 0 Å². The SMILES string of the molecule is CCCCCCN(C=O)C(=O)N(N=C=O)N=C=O. The summed E-state index contributed by atoms with van der Waals surface area (Å²) < 4.78 is 0. The maximum Gasteiger partial charge on any atom is 0.369 e. The lowest BCUT2D eigenvalue weighted by Crippen LogP contribution is -2.37. The minimum Gasteiger partial charge on any atom is -0.278 e. The lowest BCUT2D eigenvalue weighted by atomic mass is 10.2. The van der Waals surface area contributed by atoms with Crippen LogP contribution in [0.4, 0.5) is 4.79 Å². The molecule has 0 N–H and O–H groups in total. The molecule has 0 atom stereocenters. The standard InChI is InChI=1S/C10H14N4O4/c1-2-3-4-5-6-13(9-17)10(18)14(11-7-15)12-8-16/h9H,2-6H2,1H3. The molecule has 0 aliphatic heterocycles. The third-order valence-corrected chi connectivity index (χ3v) is 2.07. The molecule has 3 amide bonds. The first kappa shape index (κ1) is 15.7. The van der Waals surface area contributed by atoms with Crippen LogP contribution < -0.4 is 0 Å². The van der Waals surface area contributed by atoms with Crippen LogP contribution in [0.15, 0.2) is 10.2 Å². The van der Waals surface area contributed by atoms with Crippen LogP contribution in [0.25, 0.3) is 0 Å². The zero-order chi connectivity index (χ0) is 13.8. The van der Waals surface area contributed by atoms with E-state index in [0.717, 1.165) is 36.3 Å². The molecule has 98 valence electrons. The molecule has 0 bridgehead atoms. The Hall–Kier alpha value is -2.30. The van der Waals surface area contributed by atoms with E-state index >= 15 is 0 Å². The van der Waals surface area contributed by atoms with E-state index in [-0.39, 0.29) is 11.7 Å². The highest BCUT2D eigenvalue weighted by Gasteiger charge is 2.20. The van der Waals surface area contributed by atoms with E-state index in [4.69, 9.17) is 0 Å². The Kier molecular flexibility index (Phi) is 8.63. The molecule has 8 heteroatoms. The Labute approximate surface area is 104 Å². The maximum absolute atomic E-state index is 11.6. The lowest BCUT2D eigenvalue weighted by molar-refractivity contribution is -0.116. The van der Waals surface area contributed by atoms with E-state index < -0.39 is 6.03 Å². The van der Waals surface area contributed by atoms with Gasteiger partial charge in [0.1, 0.15) is 0 Å². The Bertz CT molecular complexity index is 354. The fourth-order valence-electron chi connectivity index (χ4n) is 1.20. The first-order chi connectivity index (χ1) is 8.71. The van der Waals surface area contributed by atoms with E-state index in [1.807, 2.05) is 6.92 Å². The van der Waals surface area contributed by atoms with Crippen molar-refractivity contribution in [2.24, 2.45) is 10.2 Å². The summed E-state index contributed by atoms with van der Waals surface area (Å²) in [5.74, 6) is 0. The number of nitrogens with zero attached hydrogens (tertiary/aromatic N) is 4. The van der Waals surface area contributed by atoms with Gasteiger partial charge in [-0.3, -0.25) is 9.69 Å². The first-order valence-corrected chi connectivity index (χ1v) is 5.42. The third kappa shape index (κ3) is 5.69. The van der Waals surface area contributed by atoms with E-state index in [1.54, 1.807) is 0 Å². The third-order valence-electron chi connectivity index (χ3n) is 2.07. The van der Waals surface area contributed by atoms with Gasteiger partial charge in [-0.25, -0.2) is 14.4 Å². The van der Waals surface area contributed by atoms with E-state index in [1.165, 1.54) is 0 Å². The number of imide groups is 1. The lowest BCUT2D eigenvalue weighted by Gasteiger charge is -2.17. The second-order valence-electron chi connectivity index (χ2n) is 3.31. The molecular formula is C10H14N4O4. The molecule has 0 aromatic rings. The van der Waals surface area contributed by atoms with Crippen LogP contribution >= 0.6 is 0 Å². The van der Waals surface area contributed by atoms with Crippen molar-refractivity contribution in [1.82, 2.24) is 10.0 Å². The molecule has 18 heavy (non-hydrogen) atoms. The minimum absolute atomic E-state index is 0.168. The molecule has 0 aliphatic rings. The molecule has 0 fully saturated rings. The Balaban J connectivity index is 4.51. The summed E-state index contributed by atoms with van der Waals surface area (Å²) in [6.07, 6.45) is 5.90. The number of hydrazone groups is 2. The van der Waals surface area contributed by atoms with Crippen LogP contribution in [0.5, 0.6) is 0 Å². The van der Waals surface area contributed by atoms with Crippen LogP contribution in [0.2, 0.25) is 0 Å². The number of urea groups is 1. The number of unbranched alkanes of at least 4 members (excludes halogenated alkanes) is 3. The Morgan fingerprint density at radius 3 is 2.22 bits per heavy atom. The van der Waals surface area contributed by atoms with Gasteiger partial charge in [-0.05, 0) is 6.42 Å². The normalized spacial score (nSPS) is 8.72. The maximum atomic E-state index is 11.6. The monoisotopic (exact) mass is 254 g/mol. The summed E-state index contributed by atoms with van der Waals surface area (Å²) in [5, 5.41) is 5.93. The van der Waals surface area contributed by atoms with Gasteiger partial charge in [0, 0.05) is 6.54 Å². The average molecular weight is 254 g/mol. The minimum atomic E-state index is -0.992. The van der Waals surface area contributed by atoms with Gasteiger partial charge in [-0.1, -0.05) is 41.5 Å². The number of rotatable bonds is 8. The topological polar surface area (TPSA) is 99.5 Å². The van der Waals surface area contributed by atoms with E-state index in [2.05, 4.69) is 10.2 Å². The molecule has 0 spiro atoms. The van der Waals surface area contributed by atoms with Crippen LogP contribution in [0.3, 0.4) is 0 Å². The summed E-state index contributed by atoms with van der Waals surface area (Å²) in [6.45, 7) is 2.20. The van der Waals surface area contributed by atoms with Gasteiger partial charge in [-0.2, -0.15) is 0 Å². The molecular weight excluding hydrogens is 240 g/mol. The van der Waals surface area contributed by atoms with Crippen molar-refractivity contribution < 1.29 is 19.2 Å². The number of hydrogen-bond acceptors (Lipinski definition) is 6. The summed E-state index contributed by atoms with van der Waals surface area (Å²) in [5.41, 5.74) is 0. The summed E-state index contributed by atoms with van der Waals surface area (Å²) in [4.78, 5) is 43.1. The van der Waals surface area contributed by atoms with Gasteiger partial charge in [0.25, 0.3) is 12.2 Å². The fourth-order valence-corrected chi connectivity index (χ4v) is 1.20. The van der Waals surface area contributed by atoms with Crippen molar-refractivity contribution in [3.63, 3.8) is 0 Å². The van der Waals surface area contributed by atoms with Gasteiger partial charge in [-0.15, -0.1) is 0 Å². The molecule has 0 radical (unpaired) electrons. The van der Waals surface area contributed by atoms with Crippen LogP contribution in [-0.2, 0) is 14.4 Å². The number of amides is 3.